The topological polar surface area (TPSA) is 72.5 Å². The molecule has 1 unspecified atom stereocenters. The molecule has 1 atom stereocenters. The van der Waals surface area contributed by atoms with Crippen molar-refractivity contribution in [3.8, 4) is 5.75 Å². The van der Waals surface area contributed by atoms with Gasteiger partial charge in [0.05, 0.1) is 0 Å². The predicted molar refractivity (Wildman–Crippen MR) is 50.0 cm³/mol. The molecular formula is C6H6BrNO3S. The molecule has 6 heteroatoms. The molecule has 0 bridgehead atoms. The maximum atomic E-state index is 10.2. The van der Waals surface area contributed by atoms with Gasteiger partial charge in [0.25, 0.3) is 0 Å². The first kappa shape index (κ1) is 9.50. The van der Waals surface area contributed by atoms with Gasteiger partial charge in [0.15, 0.2) is 0 Å². The Morgan fingerprint density at radius 2 is 2.25 bits per heavy atom. The highest BCUT2D eigenvalue weighted by Crippen LogP contribution is 2.24. The van der Waals surface area contributed by atoms with Crippen LogP contribution in [0.2, 0.25) is 0 Å². The molecule has 12 heavy (non-hydrogen) atoms. The van der Waals surface area contributed by atoms with E-state index < -0.39 is 11.4 Å². The van der Waals surface area contributed by atoms with Crippen LogP contribution in [0, 0.1) is 0 Å². The van der Waals surface area contributed by atoms with Gasteiger partial charge in [0.2, 0.25) is 0 Å². The van der Waals surface area contributed by atoms with Gasteiger partial charge in [-0.1, -0.05) is 0 Å². The number of benzene rings is 1. The summed E-state index contributed by atoms with van der Waals surface area (Å²) in [5.74, 6) is 0.289. The highest BCUT2D eigenvalue weighted by Gasteiger charge is 2.01. The second kappa shape index (κ2) is 3.88. The fourth-order valence-corrected chi connectivity index (χ4v) is 1.27. The van der Waals surface area contributed by atoms with Crippen LogP contribution in [0.3, 0.4) is 0 Å². The number of nitrogen functional groups attached to an aromatic ring is 1. The maximum Gasteiger partial charge on any atom is 0.357 e. The summed E-state index contributed by atoms with van der Waals surface area (Å²) >= 11 is 0.857. The van der Waals surface area contributed by atoms with Gasteiger partial charge in [0.1, 0.15) is 5.75 Å². The van der Waals surface area contributed by atoms with E-state index in [1.54, 1.807) is 6.07 Å². The number of rotatable bonds is 2. The highest BCUT2D eigenvalue weighted by atomic mass is 79.9. The van der Waals surface area contributed by atoms with Crippen LogP contribution in [-0.2, 0) is 11.4 Å². The average molecular weight is 252 g/mol. The number of halogens is 1. The summed E-state index contributed by atoms with van der Waals surface area (Å²) in [6, 6.07) is 4.60. The molecule has 0 aliphatic carbocycles. The Balaban J connectivity index is 2.89. The molecule has 1 aromatic carbocycles. The van der Waals surface area contributed by atoms with Crippen molar-refractivity contribution in [2.45, 2.75) is 0 Å². The van der Waals surface area contributed by atoms with E-state index >= 15 is 0 Å². The lowest BCUT2D eigenvalue weighted by Crippen LogP contribution is -1.97. The Kier molecular flexibility index (Phi) is 3.07. The fourth-order valence-electron chi connectivity index (χ4n) is 0.642. The first-order chi connectivity index (χ1) is 5.59. The number of anilines is 1. The molecule has 0 saturated heterocycles. The Morgan fingerprint density at radius 3 is 2.75 bits per heavy atom. The lowest BCUT2D eigenvalue weighted by molar-refractivity contribution is 0.458. The zero-order valence-electron chi connectivity index (χ0n) is 5.86. The van der Waals surface area contributed by atoms with Crippen LogP contribution in [0.1, 0.15) is 0 Å². The van der Waals surface area contributed by atoms with Gasteiger partial charge in [0, 0.05) is 10.2 Å². The number of hydrogen-bond donors (Lipinski definition) is 2. The Hall–Kier alpha value is -0.590. The molecule has 4 nitrogen and oxygen atoms in total. The SMILES string of the molecule is Nc1ccc(OS(=O)O)cc1Br. The van der Waals surface area contributed by atoms with Crippen molar-refractivity contribution in [3.63, 3.8) is 0 Å². The predicted octanol–water partition coefficient (Wildman–Crippen LogP) is 1.55. The lowest BCUT2D eigenvalue weighted by atomic mass is 10.3. The van der Waals surface area contributed by atoms with Crippen LogP contribution >= 0.6 is 15.9 Å². The molecule has 1 aromatic rings. The zero-order valence-corrected chi connectivity index (χ0v) is 8.26. The third-order valence-corrected chi connectivity index (χ3v) is 2.16. The van der Waals surface area contributed by atoms with E-state index in [0.29, 0.717) is 10.2 Å². The van der Waals surface area contributed by atoms with Gasteiger partial charge < -0.3 is 9.92 Å². The van der Waals surface area contributed by atoms with E-state index in [0.717, 1.165) is 0 Å². The van der Waals surface area contributed by atoms with E-state index in [-0.39, 0.29) is 5.75 Å². The van der Waals surface area contributed by atoms with Crippen molar-refractivity contribution in [2.75, 3.05) is 5.73 Å². The number of hydrogen-bond acceptors (Lipinski definition) is 3. The van der Waals surface area contributed by atoms with Crippen molar-refractivity contribution in [3.05, 3.63) is 22.7 Å². The third-order valence-electron chi connectivity index (χ3n) is 1.14. The fraction of sp³-hybridized carbons (Fsp3) is 0. The molecular weight excluding hydrogens is 246 g/mol. The maximum absolute atomic E-state index is 10.2. The molecule has 0 saturated carbocycles. The van der Waals surface area contributed by atoms with Crippen LogP contribution in [0.5, 0.6) is 5.75 Å². The van der Waals surface area contributed by atoms with Crippen molar-refractivity contribution >= 4 is 33.0 Å². The zero-order chi connectivity index (χ0) is 9.14. The summed E-state index contributed by atoms with van der Waals surface area (Å²) in [7, 11) is 0. The minimum Gasteiger partial charge on any atom is -0.398 e. The van der Waals surface area contributed by atoms with Crippen molar-refractivity contribution in [1.82, 2.24) is 0 Å². The Bertz CT molecular complexity index is 318. The van der Waals surface area contributed by atoms with Crippen LogP contribution in [0.15, 0.2) is 22.7 Å². The van der Waals surface area contributed by atoms with Gasteiger partial charge >= 0.3 is 11.4 Å². The van der Waals surface area contributed by atoms with E-state index in [2.05, 4.69) is 20.1 Å². The second-order valence-corrected chi connectivity index (χ2v) is 3.44. The summed E-state index contributed by atoms with van der Waals surface area (Å²) in [6.45, 7) is 0. The van der Waals surface area contributed by atoms with Gasteiger partial charge in [-0.05, 0) is 34.1 Å². The summed E-state index contributed by atoms with van der Waals surface area (Å²) in [5.41, 5.74) is 6.03. The van der Waals surface area contributed by atoms with E-state index in [4.69, 9.17) is 10.3 Å². The van der Waals surface area contributed by atoms with Crippen LogP contribution in [0.25, 0.3) is 0 Å². The summed E-state index contributed by atoms with van der Waals surface area (Å²) < 4.78 is 23.7. The normalized spacial score (nSPS) is 12.5. The quantitative estimate of drug-likeness (QED) is 0.618. The summed E-state index contributed by atoms with van der Waals surface area (Å²) in [5, 5.41) is 0. The molecule has 3 N–H and O–H groups in total. The highest BCUT2D eigenvalue weighted by molar-refractivity contribution is 9.10. The molecule has 66 valence electrons. The standard InChI is InChI=1S/C6H6BrNO3S/c7-5-3-4(11-12(9)10)1-2-6(5)8/h1-3H,8H2,(H,9,10). The molecule has 1 rings (SSSR count). The van der Waals surface area contributed by atoms with E-state index in [9.17, 15) is 4.21 Å². The third kappa shape index (κ3) is 2.47. The molecule has 0 aromatic heterocycles. The first-order valence-corrected chi connectivity index (χ1v) is 4.76. The second-order valence-electron chi connectivity index (χ2n) is 1.98. The van der Waals surface area contributed by atoms with Crippen LogP contribution in [-0.4, -0.2) is 8.76 Å². The van der Waals surface area contributed by atoms with E-state index in [1.165, 1.54) is 12.1 Å². The Labute approximate surface area is 80.3 Å². The van der Waals surface area contributed by atoms with Crippen molar-refractivity contribution < 1.29 is 12.9 Å². The van der Waals surface area contributed by atoms with Gasteiger partial charge in [-0.25, -0.2) is 0 Å². The molecule has 0 radical (unpaired) electrons. The monoisotopic (exact) mass is 251 g/mol. The van der Waals surface area contributed by atoms with Gasteiger partial charge in [-0.3, -0.25) is 4.55 Å². The smallest absolute Gasteiger partial charge is 0.357 e. The molecule has 0 heterocycles. The lowest BCUT2D eigenvalue weighted by Gasteiger charge is -2.01. The van der Waals surface area contributed by atoms with Crippen molar-refractivity contribution in [1.29, 1.82) is 0 Å². The average Bonchev–Trinajstić information content (AvgIpc) is 1.96. The Morgan fingerprint density at radius 1 is 1.58 bits per heavy atom. The van der Waals surface area contributed by atoms with Crippen LogP contribution in [0.4, 0.5) is 5.69 Å². The van der Waals surface area contributed by atoms with E-state index in [1.807, 2.05) is 0 Å². The molecule has 0 spiro atoms. The molecule has 0 fully saturated rings. The summed E-state index contributed by atoms with van der Waals surface area (Å²) in [6.07, 6.45) is 0. The van der Waals surface area contributed by atoms with Crippen LogP contribution < -0.4 is 9.92 Å². The number of nitrogens with two attached hydrogens (primary N) is 1. The molecule has 0 amide bonds. The van der Waals surface area contributed by atoms with Gasteiger partial charge in [-0.2, -0.15) is 4.21 Å². The summed E-state index contributed by atoms with van der Waals surface area (Å²) in [4.78, 5) is 0. The van der Waals surface area contributed by atoms with Gasteiger partial charge in [-0.15, -0.1) is 0 Å². The molecule has 0 aliphatic rings. The first-order valence-electron chi connectivity index (χ1n) is 2.94. The van der Waals surface area contributed by atoms with Crippen molar-refractivity contribution in [2.24, 2.45) is 0 Å². The minimum absolute atomic E-state index is 0.289. The largest absolute Gasteiger partial charge is 0.398 e. The molecule has 0 aliphatic heterocycles. The minimum atomic E-state index is -2.29.